The largest absolute Gasteiger partial charge is 1.00 e. The zero-order valence-electron chi connectivity index (χ0n) is 13.8. The molecule has 0 spiro atoms. The molecule has 26 heavy (non-hydrogen) atoms. The highest BCUT2D eigenvalue weighted by Crippen LogP contribution is 2.24. The summed E-state index contributed by atoms with van der Waals surface area (Å²) in [6.07, 6.45) is 0.597. The molecule has 0 aliphatic carbocycles. The van der Waals surface area contributed by atoms with Gasteiger partial charge in [-0.1, -0.05) is 35.3 Å². The van der Waals surface area contributed by atoms with Gasteiger partial charge in [0.1, 0.15) is 0 Å². The van der Waals surface area contributed by atoms with Crippen LogP contribution in [0.25, 0.3) is 11.0 Å². The van der Waals surface area contributed by atoms with Crippen molar-refractivity contribution in [3.63, 3.8) is 0 Å². The summed E-state index contributed by atoms with van der Waals surface area (Å²) in [5.74, 6) is 0.461. The van der Waals surface area contributed by atoms with Crippen LogP contribution in [0.4, 0.5) is 5.95 Å². The smallest absolute Gasteiger partial charge is 0.204 e. The highest BCUT2D eigenvalue weighted by atomic mass is 35.5. The number of carbonyl (C=O) groups excluding carboxylic acids is 1. The molecule has 0 bridgehead atoms. The fourth-order valence-electron chi connectivity index (χ4n) is 2.59. The van der Waals surface area contributed by atoms with E-state index in [1.54, 1.807) is 18.2 Å². The molecule has 0 saturated heterocycles. The van der Waals surface area contributed by atoms with Crippen molar-refractivity contribution in [2.75, 3.05) is 18.5 Å². The summed E-state index contributed by atoms with van der Waals surface area (Å²) in [6.45, 7) is 0.756. The lowest BCUT2D eigenvalue weighted by Crippen LogP contribution is -3.00. The summed E-state index contributed by atoms with van der Waals surface area (Å²) in [5.41, 5.74) is 2.07. The van der Waals surface area contributed by atoms with Crippen molar-refractivity contribution in [3.8, 4) is 0 Å². The van der Waals surface area contributed by atoms with Crippen LogP contribution in [-0.2, 0) is 6.54 Å². The van der Waals surface area contributed by atoms with Gasteiger partial charge in [-0.05, 0) is 36.8 Å². The van der Waals surface area contributed by atoms with Crippen LogP contribution < -0.4 is 17.7 Å². The van der Waals surface area contributed by atoms with Crippen LogP contribution in [0, 0.1) is 0 Å². The predicted octanol–water partition coefficient (Wildman–Crippen LogP) is 1.02. The second kappa shape index (κ2) is 9.24. The van der Waals surface area contributed by atoms with Crippen LogP contribution in [0.5, 0.6) is 0 Å². The molecule has 0 amide bonds. The van der Waals surface area contributed by atoms with Gasteiger partial charge in [0.2, 0.25) is 5.95 Å². The fraction of sp³-hybridized carbons (Fsp3) is 0.222. The average molecular weight is 414 g/mol. The van der Waals surface area contributed by atoms with Crippen molar-refractivity contribution >= 4 is 46.0 Å². The molecule has 0 atom stereocenters. The first-order chi connectivity index (χ1) is 12.1. The normalized spacial score (nSPS) is 10.6. The maximum Gasteiger partial charge on any atom is 0.204 e. The number of aliphatic hydroxyl groups is 1. The van der Waals surface area contributed by atoms with Gasteiger partial charge in [-0.25, -0.2) is 4.98 Å². The van der Waals surface area contributed by atoms with Gasteiger partial charge in [0.25, 0.3) is 0 Å². The van der Waals surface area contributed by atoms with Crippen molar-refractivity contribution in [2.45, 2.75) is 13.0 Å². The lowest BCUT2D eigenvalue weighted by Gasteiger charge is -2.11. The summed E-state index contributed by atoms with van der Waals surface area (Å²) in [7, 11) is 0. The lowest BCUT2D eigenvalue weighted by atomic mass is 10.1. The number of aromatic nitrogens is 2. The fourth-order valence-corrected chi connectivity index (χ4v) is 3.11. The SMILES string of the molecule is O=C(Cn1c(NCCCO)nc2ccccc21)c1ccc(Cl)cc1Cl.[Cl-]. The topological polar surface area (TPSA) is 67.2 Å². The minimum Gasteiger partial charge on any atom is -1.00 e. The minimum absolute atomic E-state index is 0. The molecular formula is C18H17Cl3N3O2-. The van der Waals surface area contributed by atoms with E-state index in [2.05, 4.69) is 10.3 Å². The molecule has 1 aromatic heterocycles. The highest BCUT2D eigenvalue weighted by Gasteiger charge is 2.16. The third-order valence-corrected chi connectivity index (χ3v) is 4.35. The molecule has 0 fully saturated rings. The number of benzene rings is 2. The number of nitrogens with one attached hydrogen (secondary N) is 1. The average Bonchev–Trinajstić information content (AvgIpc) is 2.93. The number of hydrogen-bond acceptors (Lipinski definition) is 4. The molecule has 138 valence electrons. The van der Waals surface area contributed by atoms with Gasteiger partial charge in [-0.2, -0.15) is 0 Å². The molecule has 0 aliphatic rings. The lowest BCUT2D eigenvalue weighted by molar-refractivity contribution is -0.0000139. The summed E-state index contributed by atoms with van der Waals surface area (Å²) < 4.78 is 1.82. The van der Waals surface area contributed by atoms with Gasteiger partial charge in [0.15, 0.2) is 5.78 Å². The Hall–Kier alpha value is -1.79. The molecular weight excluding hydrogens is 397 g/mol. The molecule has 3 aromatic rings. The molecule has 0 radical (unpaired) electrons. The van der Waals surface area contributed by atoms with Crippen molar-refractivity contribution in [2.24, 2.45) is 0 Å². The number of anilines is 1. The number of hydrogen-bond donors (Lipinski definition) is 2. The van der Waals surface area contributed by atoms with Crippen molar-refractivity contribution in [1.29, 1.82) is 0 Å². The monoisotopic (exact) mass is 412 g/mol. The van der Waals surface area contributed by atoms with Crippen molar-refractivity contribution < 1.29 is 22.3 Å². The van der Waals surface area contributed by atoms with Crippen molar-refractivity contribution in [1.82, 2.24) is 9.55 Å². The zero-order valence-corrected chi connectivity index (χ0v) is 16.0. The van der Waals surface area contributed by atoms with Crippen LogP contribution in [0.2, 0.25) is 10.0 Å². The number of ketones is 1. The molecule has 1 heterocycles. The highest BCUT2D eigenvalue weighted by molar-refractivity contribution is 6.36. The van der Waals surface area contributed by atoms with Crippen LogP contribution >= 0.6 is 23.2 Å². The maximum atomic E-state index is 12.7. The Kier molecular flexibility index (Phi) is 7.29. The molecule has 0 saturated carbocycles. The summed E-state index contributed by atoms with van der Waals surface area (Å²) in [5, 5.41) is 12.9. The van der Waals surface area contributed by atoms with E-state index in [1.807, 2.05) is 28.8 Å². The van der Waals surface area contributed by atoms with E-state index < -0.39 is 0 Å². The Labute approximate surface area is 167 Å². The van der Waals surface area contributed by atoms with E-state index in [9.17, 15) is 4.79 Å². The van der Waals surface area contributed by atoms with Gasteiger partial charge >= 0.3 is 0 Å². The van der Waals surface area contributed by atoms with Crippen molar-refractivity contribution in [3.05, 3.63) is 58.1 Å². The summed E-state index contributed by atoms with van der Waals surface area (Å²) in [4.78, 5) is 17.3. The first-order valence-electron chi connectivity index (χ1n) is 7.88. The van der Waals surface area contributed by atoms with E-state index >= 15 is 0 Å². The third kappa shape index (κ3) is 4.48. The maximum absolute atomic E-state index is 12.7. The van der Waals surface area contributed by atoms with Gasteiger partial charge in [-0.15, -0.1) is 0 Å². The predicted molar refractivity (Wildman–Crippen MR) is 101 cm³/mol. The second-order valence-electron chi connectivity index (χ2n) is 5.56. The Morgan fingerprint density at radius 1 is 1.19 bits per heavy atom. The standard InChI is InChI=1S/C18H17Cl2N3O2.ClH/c19-12-6-7-13(14(20)10-12)17(25)11-23-16-5-2-1-4-15(16)22-18(23)21-8-3-9-24;/h1-2,4-7,10,24H,3,8-9,11H2,(H,21,22);1H/p-1. The number of carbonyl (C=O) groups is 1. The van der Waals surface area contributed by atoms with Crippen LogP contribution in [0.15, 0.2) is 42.5 Å². The number of imidazole rings is 1. The molecule has 2 N–H and O–H groups in total. The van der Waals surface area contributed by atoms with Crippen LogP contribution in [0.3, 0.4) is 0 Å². The molecule has 2 aromatic carbocycles. The molecule has 3 rings (SSSR count). The van der Waals surface area contributed by atoms with E-state index in [1.165, 1.54) is 0 Å². The van der Waals surface area contributed by atoms with E-state index in [0.717, 1.165) is 11.0 Å². The quantitative estimate of drug-likeness (QED) is 0.448. The summed E-state index contributed by atoms with van der Waals surface area (Å²) in [6, 6.07) is 12.4. The summed E-state index contributed by atoms with van der Waals surface area (Å²) >= 11 is 12.0. The number of Topliss-reactive ketones (excluding diaryl/α,β-unsaturated/α-hetero) is 1. The first kappa shape index (κ1) is 20.5. The van der Waals surface area contributed by atoms with Gasteiger partial charge in [0.05, 0.1) is 22.6 Å². The Morgan fingerprint density at radius 3 is 2.69 bits per heavy atom. The molecule has 8 heteroatoms. The van der Waals surface area contributed by atoms with Gasteiger partial charge < -0.3 is 27.4 Å². The van der Waals surface area contributed by atoms with E-state index in [0.29, 0.717) is 34.5 Å². The van der Waals surface area contributed by atoms with Crippen LogP contribution in [-0.4, -0.2) is 33.6 Å². The molecule has 5 nitrogen and oxygen atoms in total. The Morgan fingerprint density at radius 2 is 1.96 bits per heavy atom. The van der Waals surface area contributed by atoms with E-state index in [4.69, 9.17) is 28.3 Å². The Balaban J connectivity index is 0.00000243. The van der Waals surface area contributed by atoms with E-state index in [-0.39, 0.29) is 31.3 Å². The third-order valence-electron chi connectivity index (χ3n) is 3.81. The molecule has 0 unspecified atom stereocenters. The second-order valence-corrected chi connectivity index (χ2v) is 6.41. The number of nitrogens with zero attached hydrogens (tertiary/aromatic N) is 2. The zero-order chi connectivity index (χ0) is 17.8. The minimum atomic E-state index is -0.130. The number of para-hydroxylation sites is 2. The van der Waals surface area contributed by atoms with Gasteiger partial charge in [-0.3, -0.25) is 4.79 Å². The first-order valence-corrected chi connectivity index (χ1v) is 8.64. The number of fused-ring (bicyclic) bond motifs is 1. The molecule has 0 aliphatic heterocycles. The van der Waals surface area contributed by atoms with Crippen LogP contribution in [0.1, 0.15) is 16.8 Å². The Bertz CT molecular complexity index is 912. The van der Waals surface area contributed by atoms with Gasteiger partial charge in [0, 0.05) is 23.7 Å². The number of halogens is 3. The number of rotatable bonds is 7. The number of aliphatic hydroxyl groups excluding tert-OH is 1.